The number of aromatic nitrogens is 3. The van der Waals surface area contributed by atoms with E-state index in [2.05, 4.69) is 33.8 Å². The molecule has 0 amide bonds. The highest BCUT2D eigenvalue weighted by molar-refractivity contribution is 7.98. The molecule has 24 heavy (non-hydrogen) atoms. The molecule has 5 heteroatoms. The Hall–Kier alpha value is -1.49. The van der Waals surface area contributed by atoms with Crippen molar-refractivity contribution in [3.8, 4) is 5.75 Å². The number of methoxy groups -OCH3 is 1. The lowest BCUT2D eigenvalue weighted by Crippen LogP contribution is -2.13. The minimum Gasteiger partial charge on any atom is -0.497 e. The zero-order chi connectivity index (χ0) is 16.8. The van der Waals surface area contributed by atoms with Gasteiger partial charge in [0.05, 0.1) is 7.11 Å². The van der Waals surface area contributed by atoms with Crippen LogP contribution in [0, 0.1) is 5.92 Å². The van der Waals surface area contributed by atoms with Crippen molar-refractivity contribution < 1.29 is 4.74 Å². The van der Waals surface area contributed by atoms with E-state index in [1.54, 1.807) is 18.9 Å². The van der Waals surface area contributed by atoms with E-state index >= 15 is 0 Å². The van der Waals surface area contributed by atoms with Crippen molar-refractivity contribution in [3.05, 3.63) is 35.7 Å². The summed E-state index contributed by atoms with van der Waals surface area (Å²) in [5, 5.41) is 9.98. The molecule has 1 aliphatic rings. The quantitative estimate of drug-likeness (QED) is 0.681. The molecule has 0 spiro atoms. The molecule has 1 aromatic heterocycles. The van der Waals surface area contributed by atoms with Gasteiger partial charge in [-0.05, 0) is 30.5 Å². The Bertz CT molecular complexity index is 650. The largest absolute Gasteiger partial charge is 0.497 e. The normalized spacial score (nSPS) is 15.6. The highest BCUT2D eigenvalue weighted by Gasteiger charge is 2.19. The number of rotatable bonds is 7. The highest BCUT2D eigenvalue weighted by atomic mass is 32.2. The lowest BCUT2D eigenvalue weighted by atomic mass is 9.87. The number of thioether (sulfide) groups is 1. The van der Waals surface area contributed by atoms with Gasteiger partial charge >= 0.3 is 0 Å². The van der Waals surface area contributed by atoms with Gasteiger partial charge in [-0.25, -0.2) is 0 Å². The van der Waals surface area contributed by atoms with E-state index in [9.17, 15) is 0 Å². The Kier molecular flexibility index (Phi) is 6.18. The van der Waals surface area contributed by atoms with Gasteiger partial charge in [-0.2, -0.15) is 0 Å². The monoisotopic (exact) mass is 345 g/mol. The highest BCUT2D eigenvalue weighted by Crippen LogP contribution is 2.28. The van der Waals surface area contributed by atoms with E-state index in [-0.39, 0.29) is 0 Å². The fourth-order valence-corrected chi connectivity index (χ4v) is 4.42. The van der Waals surface area contributed by atoms with Gasteiger partial charge in [0.1, 0.15) is 11.6 Å². The zero-order valence-corrected chi connectivity index (χ0v) is 15.5. The molecular weight excluding hydrogens is 318 g/mol. The lowest BCUT2D eigenvalue weighted by Gasteiger charge is -2.21. The summed E-state index contributed by atoms with van der Waals surface area (Å²) in [6.45, 7) is 3.12. The number of hydrogen-bond donors (Lipinski definition) is 0. The first-order chi connectivity index (χ1) is 11.8. The van der Waals surface area contributed by atoms with Crippen LogP contribution in [-0.4, -0.2) is 21.9 Å². The van der Waals surface area contributed by atoms with E-state index in [1.807, 2.05) is 12.1 Å². The zero-order valence-electron chi connectivity index (χ0n) is 14.7. The van der Waals surface area contributed by atoms with Crippen LogP contribution in [0.15, 0.2) is 29.4 Å². The van der Waals surface area contributed by atoms with Crippen molar-refractivity contribution in [2.75, 3.05) is 7.11 Å². The fourth-order valence-electron chi connectivity index (χ4n) is 3.45. The Morgan fingerprint density at radius 3 is 2.79 bits per heavy atom. The van der Waals surface area contributed by atoms with Crippen LogP contribution < -0.4 is 4.74 Å². The second-order valence-electron chi connectivity index (χ2n) is 6.49. The predicted molar refractivity (Wildman–Crippen MR) is 98.5 cm³/mol. The first-order valence-electron chi connectivity index (χ1n) is 8.98. The van der Waals surface area contributed by atoms with Crippen LogP contribution in [0.25, 0.3) is 0 Å². The molecule has 1 aliphatic carbocycles. The maximum atomic E-state index is 5.30. The summed E-state index contributed by atoms with van der Waals surface area (Å²) in [5.74, 6) is 3.75. The van der Waals surface area contributed by atoms with Crippen LogP contribution in [-0.2, 0) is 18.7 Å². The summed E-state index contributed by atoms with van der Waals surface area (Å²) in [5.41, 5.74) is 1.25. The van der Waals surface area contributed by atoms with Gasteiger partial charge in [0, 0.05) is 18.7 Å². The smallest absolute Gasteiger partial charge is 0.191 e. The van der Waals surface area contributed by atoms with E-state index in [1.165, 1.54) is 37.7 Å². The van der Waals surface area contributed by atoms with Gasteiger partial charge in [0.25, 0.3) is 0 Å². The molecule has 1 saturated carbocycles. The minimum absolute atomic E-state index is 0.796. The summed E-state index contributed by atoms with van der Waals surface area (Å²) < 4.78 is 7.59. The van der Waals surface area contributed by atoms with Crippen LogP contribution in [0.4, 0.5) is 0 Å². The average Bonchev–Trinajstić information content (AvgIpc) is 3.02. The number of ether oxygens (including phenoxy) is 1. The molecule has 2 aromatic rings. The molecule has 0 radical (unpaired) electrons. The molecule has 0 unspecified atom stereocenters. The van der Waals surface area contributed by atoms with Gasteiger partial charge in [0.15, 0.2) is 5.16 Å². The molecule has 0 saturated heterocycles. The van der Waals surface area contributed by atoms with Crippen molar-refractivity contribution in [2.45, 2.75) is 62.9 Å². The van der Waals surface area contributed by atoms with Gasteiger partial charge in [-0.15, -0.1) is 10.2 Å². The third-order valence-electron chi connectivity index (χ3n) is 4.81. The summed E-state index contributed by atoms with van der Waals surface area (Å²) in [6.07, 6.45) is 7.94. The number of nitrogens with zero attached hydrogens (tertiary/aromatic N) is 3. The van der Waals surface area contributed by atoms with E-state index < -0.39 is 0 Å². The van der Waals surface area contributed by atoms with Crippen molar-refractivity contribution >= 4 is 11.8 Å². The molecule has 3 rings (SSSR count). The molecule has 1 aromatic carbocycles. The minimum atomic E-state index is 0.796. The van der Waals surface area contributed by atoms with E-state index in [0.717, 1.165) is 41.4 Å². The van der Waals surface area contributed by atoms with Crippen molar-refractivity contribution in [3.63, 3.8) is 0 Å². The van der Waals surface area contributed by atoms with Crippen LogP contribution in [0.5, 0.6) is 5.75 Å². The van der Waals surface area contributed by atoms with Gasteiger partial charge < -0.3 is 9.30 Å². The maximum absolute atomic E-state index is 5.30. The topological polar surface area (TPSA) is 39.9 Å². The first-order valence-corrected chi connectivity index (χ1v) is 9.96. The Balaban J connectivity index is 1.64. The van der Waals surface area contributed by atoms with Crippen molar-refractivity contribution in [2.24, 2.45) is 5.92 Å². The number of hydrogen-bond acceptors (Lipinski definition) is 4. The molecule has 0 bridgehead atoms. The second-order valence-corrected chi connectivity index (χ2v) is 7.43. The summed E-state index contributed by atoms with van der Waals surface area (Å²) in [6, 6.07) is 8.23. The van der Waals surface area contributed by atoms with E-state index in [4.69, 9.17) is 4.74 Å². The molecule has 0 N–H and O–H groups in total. The molecule has 1 heterocycles. The van der Waals surface area contributed by atoms with Crippen molar-refractivity contribution in [1.82, 2.24) is 14.8 Å². The first kappa shape index (κ1) is 17.3. The van der Waals surface area contributed by atoms with Gasteiger partial charge in [-0.1, -0.05) is 56.0 Å². The fraction of sp³-hybridized carbons (Fsp3) is 0.579. The SMILES string of the molecule is CCn1c(CC2CCCCC2)nnc1SCc1cccc(OC)c1. The standard InChI is InChI=1S/C19H27N3OS/c1-3-22-18(13-15-8-5-4-6-9-15)20-21-19(22)24-14-16-10-7-11-17(12-16)23-2/h7,10-12,15H,3-6,8-9,13-14H2,1-2H3. The predicted octanol–water partition coefficient (Wildman–Crippen LogP) is 4.72. The summed E-state index contributed by atoms with van der Waals surface area (Å²) >= 11 is 1.76. The molecule has 130 valence electrons. The Morgan fingerprint density at radius 2 is 2.04 bits per heavy atom. The Morgan fingerprint density at radius 1 is 1.21 bits per heavy atom. The second kappa shape index (κ2) is 8.56. The molecule has 1 fully saturated rings. The molecule has 0 aliphatic heterocycles. The average molecular weight is 346 g/mol. The number of benzene rings is 1. The summed E-state index contributed by atoms with van der Waals surface area (Å²) in [7, 11) is 1.71. The summed E-state index contributed by atoms with van der Waals surface area (Å²) in [4.78, 5) is 0. The van der Waals surface area contributed by atoms with Crippen molar-refractivity contribution in [1.29, 1.82) is 0 Å². The molecule has 4 nitrogen and oxygen atoms in total. The lowest BCUT2D eigenvalue weighted by molar-refractivity contribution is 0.347. The Labute approximate surface area is 149 Å². The third kappa shape index (κ3) is 4.32. The van der Waals surface area contributed by atoms with Crippen LogP contribution in [0.3, 0.4) is 0 Å². The van der Waals surface area contributed by atoms with E-state index in [0.29, 0.717) is 0 Å². The van der Waals surface area contributed by atoms with Crippen LogP contribution >= 0.6 is 11.8 Å². The van der Waals surface area contributed by atoms with Gasteiger partial charge in [-0.3, -0.25) is 0 Å². The van der Waals surface area contributed by atoms with Crippen LogP contribution in [0.1, 0.15) is 50.4 Å². The van der Waals surface area contributed by atoms with Crippen LogP contribution in [0.2, 0.25) is 0 Å². The third-order valence-corrected chi connectivity index (χ3v) is 5.85. The molecule has 0 atom stereocenters. The molecular formula is C19H27N3OS. The maximum Gasteiger partial charge on any atom is 0.191 e. The van der Waals surface area contributed by atoms with Gasteiger partial charge in [0.2, 0.25) is 0 Å².